The second-order valence-corrected chi connectivity index (χ2v) is 4.34. The third-order valence-corrected chi connectivity index (χ3v) is 2.34. The number of pyridine rings is 1. The lowest BCUT2D eigenvalue weighted by atomic mass is 10.2. The molecule has 1 heterocycles. The number of hydrogen-bond acceptors (Lipinski definition) is 5. The molecule has 0 atom stereocenters. The molecule has 0 spiro atoms. The topological polar surface area (TPSA) is 83.5 Å². The predicted octanol–water partition coefficient (Wildman–Crippen LogP) is 1.10. The standard InChI is InChI=1S/C13H21N3O3/c1-10(2)13(18)16-11-3-4-12(15-9-11)14-5-7-19-8-6-17/h3-4,9-10,17H,5-8H2,1-2H3,(H,14,15)(H,16,18). The molecule has 0 aliphatic rings. The molecule has 0 saturated heterocycles. The molecule has 0 unspecified atom stereocenters. The van der Waals surface area contributed by atoms with Crippen LogP contribution in [0.4, 0.5) is 11.5 Å². The zero-order chi connectivity index (χ0) is 14.1. The van der Waals surface area contributed by atoms with Gasteiger partial charge in [0.25, 0.3) is 0 Å². The molecule has 106 valence electrons. The van der Waals surface area contributed by atoms with E-state index in [1.165, 1.54) is 0 Å². The van der Waals surface area contributed by atoms with Gasteiger partial charge in [-0.15, -0.1) is 0 Å². The van der Waals surface area contributed by atoms with Crippen LogP contribution in [0.1, 0.15) is 13.8 Å². The van der Waals surface area contributed by atoms with Crippen LogP contribution in [0.25, 0.3) is 0 Å². The van der Waals surface area contributed by atoms with Crippen molar-refractivity contribution in [2.45, 2.75) is 13.8 Å². The van der Waals surface area contributed by atoms with Crippen LogP contribution in [0.3, 0.4) is 0 Å². The summed E-state index contributed by atoms with van der Waals surface area (Å²) in [6, 6.07) is 3.59. The molecule has 0 saturated carbocycles. The molecule has 6 nitrogen and oxygen atoms in total. The van der Waals surface area contributed by atoms with Crippen molar-refractivity contribution in [1.29, 1.82) is 0 Å². The molecule has 1 rings (SSSR count). The maximum atomic E-state index is 11.5. The molecule has 0 radical (unpaired) electrons. The van der Waals surface area contributed by atoms with E-state index in [9.17, 15) is 4.79 Å². The van der Waals surface area contributed by atoms with Crippen LogP contribution < -0.4 is 10.6 Å². The highest BCUT2D eigenvalue weighted by Crippen LogP contribution is 2.10. The maximum Gasteiger partial charge on any atom is 0.226 e. The summed E-state index contributed by atoms with van der Waals surface area (Å²) in [6.07, 6.45) is 1.61. The van der Waals surface area contributed by atoms with Crippen molar-refractivity contribution in [3.63, 3.8) is 0 Å². The third kappa shape index (κ3) is 6.17. The van der Waals surface area contributed by atoms with Crippen molar-refractivity contribution in [2.24, 2.45) is 5.92 Å². The fourth-order valence-corrected chi connectivity index (χ4v) is 1.28. The second-order valence-electron chi connectivity index (χ2n) is 4.34. The summed E-state index contributed by atoms with van der Waals surface area (Å²) >= 11 is 0. The van der Waals surface area contributed by atoms with Gasteiger partial charge in [-0.3, -0.25) is 4.79 Å². The van der Waals surface area contributed by atoms with E-state index in [0.29, 0.717) is 25.4 Å². The highest BCUT2D eigenvalue weighted by molar-refractivity contribution is 5.91. The minimum Gasteiger partial charge on any atom is -0.394 e. The normalized spacial score (nSPS) is 10.5. The molecular weight excluding hydrogens is 246 g/mol. The van der Waals surface area contributed by atoms with E-state index in [2.05, 4.69) is 15.6 Å². The average Bonchev–Trinajstić information content (AvgIpc) is 2.40. The van der Waals surface area contributed by atoms with E-state index in [-0.39, 0.29) is 18.4 Å². The summed E-state index contributed by atoms with van der Waals surface area (Å²) < 4.78 is 5.11. The Morgan fingerprint density at radius 3 is 2.79 bits per heavy atom. The Kier molecular flexibility index (Phi) is 6.84. The monoisotopic (exact) mass is 267 g/mol. The van der Waals surface area contributed by atoms with Gasteiger partial charge in [0.05, 0.1) is 31.7 Å². The number of nitrogens with one attached hydrogen (secondary N) is 2. The molecular formula is C13H21N3O3. The van der Waals surface area contributed by atoms with Crippen molar-refractivity contribution in [3.8, 4) is 0 Å². The van der Waals surface area contributed by atoms with Gasteiger partial charge in [0.1, 0.15) is 5.82 Å². The van der Waals surface area contributed by atoms with Gasteiger partial charge in [0, 0.05) is 12.5 Å². The van der Waals surface area contributed by atoms with Crippen LogP contribution >= 0.6 is 0 Å². The van der Waals surface area contributed by atoms with Gasteiger partial charge in [-0.05, 0) is 12.1 Å². The fraction of sp³-hybridized carbons (Fsp3) is 0.538. The fourth-order valence-electron chi connectivity index (χ4n) is 1.28. The molecule has 0 aliphatic heterocycles. The van der Waals surface area contributed by atoms with E-state index in [1.54, 1.807) is 18.3 Å². The second kappa shape index (κ2) is 8.44. The molecule has 6 heteroatoms. The summed E-state index contributed by atoms with van der Waals surface area (Å²) in [6.45, 7) is 5.17. The van der Waals surface area contributed by atoms with Crippen molar-refractivity contribution in [1.82, 2.24) is 4.98 Å². The highest BCUT2D eigenvalue weighted by atomic mass is 16.5. The van der Waals surface area contributed by atoms with Crippen LogP contribution in [0.15, 0.2) is 18.3 Å². The van der Waals surface area contributed by atoms with Gasteiger partial charge in [0.15, 0.2) is 0 Å². The summed E-state index contributed by atoms with van der Waals surface area (Å²) in [5, 5.41) is 14.4. The largest absolute Gasteiger partial charge is 0.394 e. The maximum absolute atomic E-state index is 11.5. The number of carbonyl (C=O) groups is 1. The summed E-state index contributed by atoms with van der Waals surface area (Å²) in [5.74, 6) is 0.636. The van der Waals surface area contributed by atoms with Gasteiger partial charge in [0.2, 0.25) is 5.91 Å². The number of ether oxygens (including phenoxy) is 1. The SMILES string of the molecule is CC(C)C(=O)Nc1ccc(NCCOCCO)nc1. The number of anilines is 2. The Hall–Kier alpha value is -1.66. The number of carbonyl (C=O) groups excluding carboxylic acids is 1. The van der Waals surface area contributed by atoms with Crippen molar-refractivity contribution >= 4 is 17.4 Å². The minimum atomic E-state index is -0.0542. The van der Waals surface area contributed by atoms with E-state index < -0.39 is 0 Å². The minimum absolute atomic E-state index is 0.0279. The molecule has 0 fully saturated rings. The first-order chi connectivity index (χ1) is 9.13. The number of aliphatic hydroxyl groups excluding tert-OH is 1. The van der Waals surface area contributed by atoms with Gasteiger partial charge >= 0.3 is 0 Å². The first-order valence-corrected chi connectivity index (χ1v) is 6.33. The molecule has 19 heavy (non-hydrogen) atoms. The first-order valence-electron chi connectivity index (χ1n) is 6.33. The molecule has 0 aromatic carbocycles. The Morgan fingerprint density at radius 1 is 1.42 bits per heavy atom. The highest BCUT2D eigenvalue weighted by Gasteiger charge is 2.06. The average molecular weight is 267 g/mol. The third-order valence-electron chi connectivity index (χ3n) is 2.34. The summed E-state index contributed by atoms with van der Waals surface area (Å²) in [7, 11) is 0. The smallest absolute Gasteiger partial charge is 0.226 e. The molecule has 0 aliphatic carbocycles. The Bertz CT molecular complexity index is 379. The quantitative estimate of drug-likeness (QED) is 0.614. The number of rotatable bonds is 8. The molecule has 1 aromatic heterocycles. The zero-order valence-electron chi connectivity index (χ0n) is 11.3. The summed E-state index contributed by atoms with van der Waals surface area (Å²) in [4.78, 5) is 15.7. The molecule has 0 bridgehead atoms. The van der Waals surface area contributed by atoms with E-state index in [4.69, 9.17) is 9.84 Å². The van der Waals surface area contributed by atoms with Crippen molar-refractivity contribution < 1.29 is 14.6 Å². The number of nitrogens with zero attached hydrogens (tertiary/aromatic N) is 1. The Balaban J connectivity index is 2.33. The van der Waals surface area contributed by atoms with Gasteiger partial charge in [-0.25, -0.2) is 4.98 Å². The Labute approximate surface area is 113 Å². The summed E-state index contributed by atoms with van der Waals surface area (Å²) in [5.41, 5.74) is 0.681. The van der Waals surface area contributed by atoms with Gasteiger partial charge in [-0.1, -0.05) is 13.8 Å². The van der Waals surface area contributed by atoms with Gasteiger partial charge in [-0.2, -0.15) is 0 Å². The van der Waals surface area contributed by atoms with Crippen LogP contribution in [0.2, 0.25) is 0 Å². The van der Waals surface area contributed by atoms with E-state index >= 15 is 0 Å². The molecule has 3 N–H and O–H groups in total. The predicted molar refractivity (Wildman–Crippen MR) is 74.1 cm³/mol. The lowest BCUT2D eigenvalue weighted by Gasteiger charge is -2.09. The number of hydrogen-bond donors (Lipinski definition) is 3. The first kappa shape index (κ1) is 15.4. The lowest BCUT2D eigenvalue weighted by molar-refractivity contribution is -0.118. The van der Waals surface area contributed by atoms with E-state index in [1.807, 2.05) is 13.8 Å². The van der Waals surface area contributed by atoms with Crippen LogP contribution in [0.5, 0.6) is 0 Å². The van der Waals surface area contributed by atoms with Crippen molar-refractivity contribution in [3.05, 3.63) is 18.3 Å². The number of aromatic nitrogens is 1. The van der Waals surface area contributed by atoms with Crippen LogP contribution in [-0.2, 0) is 9.53 Å². The molecule has 1 aromatic rings. The van der Waals surface area contributed by atoms with Gasteiger partial charge < -0.3 is 20.5 Å². The lowest BCUT2D eigenvalue weighted by Crippen LogP contribution is -2.18. The van der Waals surface area contributed by atoms with Crippen LogP contribution in [0, 0.1) is 5.92 Å². The molecule has 1 amide bonds. The number of amides is 1. The van der Waals surface area contributed by atoms with Crippen molar-refractivity contribution in [2.75, 3.05) is 37.0 Å². The zero-order valence-corrected chi connectivity index (χ0v) is 11.3. The van der Waals surface area contributed by atoms with Crippen LogP contribution in [-0.4, -0.2) is 42.4 Å². The number of aliphatic hydroxyl groups is 1. The Morgan fingerprint density at radius 2 is 2.21 bits per heavy atom. The van der Waals surface area contributed by atoms with E-state index in [0.717, 1.165) is 5.82 Å².